The molecule has 36 heavy (non-hydrogen) atoms. The molecule has 0 fully saturated rings. The molecule has 0 aliphatic rings. The number of imidazole rings is 1. The van der Waals surface area contributed by atoms with Crippen molar-refractivity contribution in [3.63, 3.8) is 0 Å². The first-order valence-corrected chi connectivity index (χ1v) is 11.9. The van der Waals surface area contributed by atoms with Crippen molar-refractivity contribution in [2.75, 3.05) is 11.9 Å². The van der Waals surface area contributed by atoms with Crippen molar-refractivity contribution in [2.45, 2.75) is 13.5 Å². The molecule has 0 bridgehead atoms. The van der Waals surface area contributed by atoms with Crippen molar-refractivity contribution in [1.29, 1.82) is 0 Å². The number of nitrogens with zero attached hydrogens (tertiary/aromatic N) is 5. The molecule has 9 heteroatoms. The zero-order valence-electron chi connectivity index (χ0n) is 19.5. The summed E-state index contributed by atoms with van der Waals surface area (Å²) in [6.45, 7) is 1.99. The van der Waals surface area contributed by atoms with E-state index >= 15 is 0 Å². The van der Waals surface area contributed by atoms with Crippen LogP contribution in [0, 0.1) is 6.92 Å². The Bertz CT molecular complexity index is 1560. The van der Waals surface area contributed by atoms with Gasteiger partial charge in [-0.25, -0.2) is 15.0 Å². The van der Waals surface area contributed by atoms with Gasteiger partial charge in [0.2, 0.25) is 0 Å². The van der Waals surface area contributed by atoms with Gasteiger partial charge in [-0.15, -0.1) is 0 Å². The molecule has 3 aromatic heterocycles. The average molecular weight is 518 g/mol. The van der Waals surface area contributed by atoms with E-state index in [0.717, 1.165) is 16.8 Å². The van der Waals surface area contributed by atoms with E-state index in [2.05, 4.69) is 9.97 Å². The summed E-state index contributed by atoms with van der Waals surface area (Å²) >= 11 is 13.1. The van der Waals surface area contributed by atoms with Crippen molar-refractivity contribution >= 4 is 45.8 Å². The quantitative estimate of drug-likeness (QED) is 0.264. The highest BCUT2D eigenvalue weighted by atomic mass is 35.5. The number of carbonyl (C=O) groups excluding carboxylic acids is 1. The summed E-state index contributed by atoms with van der Waals surface area (Å²) in [5.41, 5.74) is 3.54. The number of hydrogen-bond acceptors (Lipinski definition) is 5. The summed E-state index contributed by atoms with van der Waals surface area (Å²) in [5.74, 6) is 0.638. The summed E-state index contributed by atoms with van der Waals surface area (Å²) in [7, 11) is 1.62. The Hall–Kier alpha value is -3.94. The maximum absolute atomic E-state index is 12.9. The number of fused-ring (bicyclic) bond motifs is 1. The van der Waals surface area contributed by atoms with Crippen LogP contribution in [0.2, 0.25) is 10.0 Å². The van der Waals surface area contributed by atoms with E-state index in [1.807, 2.05) is 48.0 Å². The molecule has 1 amide bonds. The Morgan fingerprint density at radius 1 is 1.11 bits per heavy atom. The van der Waals surface area contributed by atoms with Gasteiger partial charge in [-0.05, 0) is 31.2 Å². The lowest BCUT2D eigenvalue weighted by Gasteiger charge is -2.20. The fourth-order valence-corrected chi connectivity index (χ4v) is 4.52. The van der Waals surface area contributed by atoms with E-state index in [9.17, 15) is 4.79 Å². The van der Waals surface area contributed by atoms with Gasteiger partial charge in [0.05, 0.1) is 22.1 Å². The van der Waals surface area contributed by atoms with Crippen molar-refractivity contribution in [3.8, 4) is 11.4 Å². The molecular formula is C27H21Cl2N5O2. The molecule has 0 aliphatic heterocycles. The van der Waals surface area contributed by atoms with E-state index in [4.69, 9.17) is 32.9 Å². The second kappa shape index (κ2) is 9.97. The van der Waals surface area contributed by atoms with E-state index in [-0.39, 0.29) is 17.5 Å². The molecule has 7 nitrogen and oxygen atoms in total. The Balaban J connectivity index is 1.47. The molecule has 5 aromatic rings. The van der Waals surface area contributed by atoms with Gasteiger partial charge in [0.1, 0.15) is 17.9 Å². The summed E-state index contributed by atoms with van der Waals surface area (Å²) in [6, 6.07) is 16.7. The fourth-order valence-electron chi connectivity index (χ4n) is 3.94. The van der Waals surface area contributed by atoms with Gasteiger partial charge in [0.15, 0.2) is 5.82 Å². The van der Waals surface area contributed by atoms with E-state index in [1.165, 1.54) is 11.1 Å². The normalized spacial score (nSPS) is 11.0. The van der Waals surface area contributed by atoms with Crippen LogP contribution in [-0.4, -0.2) is 32.5 Å². The molecule has 0 N–H and O–H groups in total. The second-order valence-corrected chi connectivity index (χ2v) is 8.93. The third kappa shape index (κ3) is 4.51. The highest BCUT2D eigenvalue weighted by Gasteiger charge is 2.21. The number of hydrogen-bond donors (Lipinski definition) is 0. The number of benzene rings is 2. The van der Waals surface area contributed by atoms with Crippen molar-refractivity contribution < 1.29 is 9.53 Å². The smallest absolute Gasteiger partial charge is 0.259 e. The van der Waals surface area contributed by atoms with Gasteiger partial charge in [-0.2, -0.15) is 0 Å². The number of anilines is 1. The van der Waals surface area contributed by atoms with Crippen molar-refractivity contribution in [1.82, 2.24) is 19.5 Å². The van der Waals surface area contributed by atoms with Crippen LogP contribution < -0.4 is 9.64 Å². The Morgan fingerprint density at radius 2 is 1.92 bits per heavy atom. The predicted molar refractivity (Wildman–Crippen MR) is 141 cm³/mol. The number of amides is 1. The molecule has 180 valence electrons. The minimum Gasteiger partial charge on any atom is -0.487 e. The highest BCUT2D eigenvalue weighted by Crippen LogP contribution is 2.35. The van der Waals surface area contributed by atoms with Gasteiger partial charge in [-0.1, -0.05) is 53.5 Å². The molecule has 0 saturated carbocycles. The first-order chi connectivity index (χ1) is 17.4. The molecule has 0 spiro atoms. The molecule has 0 atom stereocenters. The first kappa shape index (κ1) is 23.8. The van der Waals surface area contributed by atoms with Gasteiger partial charge in [0, 0.05) is 47.8 Å². The van der Waals surface area contributed by atoms with E-state index in [0.29, 0.717) is 33.2 Å². The van der Waals surface area contributed by atoms with Crippen LogP contribution in [0.25, 0.3) is 16.6 Å². The average Bonchev–Trinajstić information content (AvgIpc) is 3.43. The molecule has 0 radical (unpaired) electrons. The number of aryl methyl sites for hydroxylation is 1. The molecule has 0 unspecified atom stereocenters. The SMILES string of the molecule is Cc1cc(-n2ccnc2)c2cccc(OCc3c(Cl)cnc(N(C)C(=O)c4ccccc4)c3Cl)c2n1. The topological polar surface area (TPSA) is 73.1 Å². The highest BCUT2D eigenvalue weighted by molar-refractivity contribution is 6.37. The lowest BCUT2D eigenvalue weighted by atomic mass is 10.1. The number of ether oxygens (including phenoxy) is 1. The van der Waals surface area contributed by atoms with Crippen molar-refractivity contribution in [2.24, 2.45) is 0 Å². The van der Waals surface area contributed by atoms with Gasteiger partial charge in [-0.3, -0.25) is 9.69 Å². The van der Waals surface area contributed by atoms with Gasteiger partial charge >= 0.3 is 0 Å². The second-order valence-electron chi connectivity index (χ2n) is 8.15. The largest absolute Gasteiger partial charge is 0.487 e. The Kier molecular flexibility index (Phi) is 6.59. The minimum atomic E-state index is -0.236. The summed E-state index contributed by atoms with van der Waals surface area (Å²) in [6.07, 6.45) is 6.82. The third-order valence-electron chi connectivity index (χ3n) is 5.76. The zero-order valence-corrected chi connectivity index (χ0v) is 21.0. The van der Waals surface area contributed by atoms with Crippen LogP contribution in [0.5, 0.6) is 5.75 Å². The first-order valence-electron chi connectivity index (χ1n) is 11.1. The molecular weight excluding hydrogens is 497 g/mol. The van der Waals surface area contributed by atoms with Crippen LogP contribution in [0.3, 0.4) is 0 Å². The summed E-state index contributed by atoms with van der Waals surface area (Å²) < 4.78 is 8.12. The van der Waals surface area contributed by atoms with Crippen LogP contribution in [0.15, 0.2) is 79.5 Å². The third-order valence-corrected chi connectivity index (χ3v) is 6.48. The maximum atomic E-state index is 12.9. The Morgan fingerprint density at radius 3 is 2.67 bits per heavy atom. The lowest BCUT2D eigenvalue weighted by molar-refractivity contribution is 0.0992. The lowest BCUT2D eigenvalue weighted by Crippen LogP contribution is -2.27. The summed E-state index contributed by atoms with van der Waals surface area (Å²) in [4.78, 5) is 27.5. The number of halogens is 2. The number of aromatic nitrogens is 4. The van der Waals surface area contributed by atoms with E-state index in [1.54, 1.807) is 43.8 Å². The fraction of sp³-hybridized carbons (Fsp3) is 0.111. The van der Waals surface area contributed by atoms with Crippen molar-refractivity contribution in [3.05, 3.63) is 106 Å². The van der Waals surface area contributed by atoms with Crippen LogP contribution in [0.1, 0.15) is 21.6 Å². The molecule has 0 aliphatic carbocycles. The van der Waals surface area contributed by atoms with E-state index < -0.39 is 0 Å². The summed E-state index contributed by atoms with van der Waals surface area (Å²) in [5, 5.41) is 1.50. The minimum absolute atomic E-state index is 0.0652. The molecule has 3 heterocycles. The number of rotatable bonds is 6. The Labute approximate surface area is 217 Å². The zero-order chi connectivity index (χ0) is 25.2. The molecule has 0 saturated heterocycles. The van der Waals surface area contributed by atoms with Crippen LogP contribution in [0.4, 0.5) is 5.82 Å². The standard InChI is InChI=1S/C27H21Cl2N5O2/c1-17-13-22(34-12-11-30-16-34)19-9-6-10-23(25(19)32-17)36-15-20-21(28)14-31-26(24(20)29)33(2)27(35)18-7-4-3-5-8-18/h3-14,16H,15H2,1-2H3. The van der Waals surface area contributed by atoms with Gasteiger partial charge < -0.3 is 9.30 Å². The maximum Gasteiger partial charge on any atom is 0.259 e. The molecule has 5 rings (SSSR count). The number of pyridine rings is 2. The number of carbonyl (C=O) groups is 1. The van der Waals surface area contributed by atoms with Crippen LogP contribution in [-0.2, 0) is 6.61 Å². The predicted octanol–water partition coefficient (Wildman–Crippen LogP) is 6.29. The monoisotopic (exact) mass is 517 g/mol. The van der Waals surface area contributed by atoms with Crippen LogP contribution >= 0.6 is 23.2 Å². The molecule has 2 aromatic carbocycles. The number of para-hydroxylation sites is 1. The van der Waals surface area contributed by atoms with Gasteiger partial charge in [0.25, 0.3) is 5.91 Å².